The molecule has 4 aromatic carbocycles. The van der Waals surface area contributed by atoms with Crippen LogP contribution in [0, 0.1) is 0 Å². The van der Waals surface area contributed by atoms with E-state index in [-0.39, 0.29) is 35.6 Å². The molecule has 0 saturated heterocycles. The van der Waals surface area contributed by atoms with Crippen LogP contribution in [0.2, 0.25) is 13.1 Å². The molecule has 4 aromatic rings. The maximum atomic E-state index is 2.78. The van der Waals surface area contributed by atoms with Gasteiger partial charge in [-0.3, -0.25) is 0 Å². The Hall–Kier alpha value is -1.96. The van der Waals surface area contributed by atoms with Crippen molar-refractivity contribution in [2.45, 2.75) is 151 Å². The molecule has 2 aliphatic carbocycles. The third-order valence-electron chi connectivity index (χ3n) is 13.0. The maximum Gasteiger partial charge on any atom is -1.00 e. The van der Waals surface area contributed by atoms with Crippen LogP contribution in [-0.2, 0) is 34.1 Å². The molecule has 1 heterocycles. The van der Waals surface area contributed by atoms with Crippen molar-refractivity contribution in [3.05, 3.63) is 129 Å². The molecule has 1 aliphatic heterocycles. The molecule has 296 valence electrons. The van der Waals surface area contributed by atoms with Gasteiger partial charge in [-0.25, -0.2) is 0 Å². The van der Waals surface area contributed by atoms with Gasteiger partial charge in [0.05, 0.1) is 0 Å². The fraction of sp³-hybridized carbons (Fsp3) is 0.462. The van der Waals surface area contributed by atoms with Crippen molar-refractivity contribution in [1.82, 2.24) is 0 Å². The second-order valence-electron chi connectivity index (χ2n) is 19.3. The number of rotatable bonds is 12. The van der Waals surface area contributed by atoms with Gasteiger partial charge < -0.3 is 24.8 Å². The first-order valence-electron chi connectivity index (χ1n) is 21.5. The first kappa shape index (κ1) is 45.1. The Morgan fingerprint density at radius 3 is 1.21 bits per heavy atom. The minimum absolute atomic E-state index is 0. The molecule has 0 saturated carbocycles. The summed E-state index contributed by atoms with van der Waals surface area (Å²) in [7, 11) is -2.24. The van der Waals surface area contributed by atoms with Gasteiger partial charge in [0.15, 0.2) is 0 Å². The van der Waals surface area contributed by atoms with E-state index in [4.69, 9.17) is 0 Å². The Kier molecular flexibility index (Phi) is 14.6. The zero-order valence-electron chi connectivity index (χ0n) is 36.1. The van der Waals surface area contributed by atoms with E-state index in [9.17, 15) is 0 Å². The molecule has 0 N–H and O–H groups in total. The van der Waals surface area contributed by atoms with E-state index < -0.39 is 31.3 Å². The maximum absolute atomic E-state index is 2.78. The first-order valence-corrected chi connectivity index (χ1v) is 27.3. The van der Waals surface area contributed by atoms with Crippen LogP contribution in [0.25, 0.3) is 32.6 Å². The number of hydrogen-bond donors (Lipinski definition) is 0. The summed E-state index contributed by atoms with van der Waals surface area (Å²) in [5, 5.41) is 3.67. The van der Waals surface area contributed by atoms with Gasteiger partial charge in [0.25, 0.3) is 0 Å². The van der Waals surface area contributed by atoms with E-state index >= 15 is 0 Å². The van der Waals surface area contributed by atoms with Gasteiger partial charge in [0, 0.05) is 0 Å². The Morgan fingerprint density at radius 2 is 0.875 bits per heavy atom. The number of allylic oxidation sites excluding steroid dienone is 2. The van der Waals surface area contributed by atoms with Gasteiger partial charge in [0.1, 0.15) is 0 Å². The SMILES string of the molecule is CCCCCCC1=C2c3c(-c4ccc(C(C)(C)C)cc4)cccc3[CH]1[Zr+2][CH]1C(CCCCCC)=C(c3c(-c4ccc(C(C)(C)C)cc4)cccc31)[Si]2(C)C.[Cl-].[Cl-]. The molecule has 4 bridgehead atoms. The first-order chi connectivity index (χ1) is 25.8. The molecular weight excluding hydrogens is 815 g/mol. The number of halogens is 2. The Bertz CT molecular complexity index is 1910. The summed E-state index contributed by atoms with van der Waals surface area (Å²) in [5.74, 6) is 0. The molecule has 2 atom stereocenters. The van der Waals surface area contributed by atoms with E-state index in [0.717, 1.165) is 0 Å². The quantitative estimate of drug-likeness (QED) is 0.0983. The Morgan fingerprint density at radius 1 is 0.500 bits per heavy atom. The van der Waals surface area contributed by atoms with Crippen molar-refractivity contribution >= 4 is 18.5 Å². The van der Waals surface area contributed by atoms with Crippen molar-refractivity contribution in [3.63, 3.8) is 0 Å². The van der Waals surface area contributed by atoms with Crippen molar-refractivity contribution in [2.24, 2.45) is 0 Å². The molecule has 7 rings (SSSR count). The summed E-state index contributed by atoms with van der Waals surface area (Å²) >= 11 is -1.02. The minimum Gasteiger partial charge on any atom is -1.00 e. The molecule has 0 nitrogen and oxygen atoms in total. The molecule has 0 amide bonds. The zero-order valence-corrected chi connectivity index (χ0v) is 41.0. The summed E-state index contributed by atoms with van der Waals surface area (Å²) in [6.45, 7) is 24.3. The zero-order chi connectivity index (χ0) is 38.4. The van der Waals surface area contributed by atoms with Gasteiger partial charge in [-0.1, -0.05) is 0 Å². The smallest absolute Gasteiger partial charge is 1.00 e. The Labute approximate surface area is 366 Å². The van der Waals surface area contributed by atoms with Crippen LogP contribution in [0.1, 0.15) is 160 Å². The number of unbranched alkanes of at least 4 members (excludes halogenated alkanes) is 6. The average Bonchev–Trinajstić information content (AvgIpc) is 3.65. The van der Waals surface area contributed by atoms with E-state index in [1.165, 1.54) is 97.6 Å². The summed E-state index contributed by atoms with van der Waals surface area (Å²) < 4.78 is 1.33. The second kappa shape index (κ2) is 18.1. The van der Waals surface area contributed by atoms with Crippen LogP contribution < -0.4 is 24.8 Å². The van der Waals surface area contributed by atoms with E-state index in [1.54, 1.807) is 22.3 Å². The fourth-order valence-electron chi connectivity index (χ4n) is 10.1. The normalized spacial score (nSPS) is 17.9. The van der Waals surface area contributed by atoms with Crippen LogP contribution in [0.4, 0.5) is 0 Å². The van der Waals surface area contributed by atoms with Gasteiger partial charge in [-0.05, 0) is 0 Å². The second-order valence-corrected chi connectivity index (χ2v) is 27.2. The van der Waals surface area contributed by atoms with Crippen molar-refractivity contribution in [2.75, 3.05) is 0 Å². The molecule has 0 aromatic heterocycles. The summed E-state index contributed by atoms with van der Waals surface area (Å²) in [6.07, 6.45) is 13.3. The van der Waals surface area contributed by atoms with E-state index in [0.29, 0.717) is 7.25 Å². The summed E-state index contributed by atoms with van der Waals surface area (Å²) in [6, 6.07) is 34.3. The number of hydrogen-bond acceptors (Lipinski definition) is 0. The molecule has 0 radical (unpaired) electrons. The topological polar surface area (TPSA) is 0 Å². The van der Waals surface area contributed by atoms with Gasteiger partial charge in [-0.2, -0.15) is 0 Å². The predicted molar refractivity (Wildman–Crippen MR) is 235 cm³/mol. The number of benzene rings is 4. The standard InChI is InChI=1S/C52H66Si.2ClH.Zr/c1-11-13-15-17-21-41-35-39-23-19-25-45(37-27-31-43(32-28-37)51(3,4)5)47(39)49(41)53(9,10)50-42(22-18-16-14-12-2)36-40-24-20-26-46(48(40)50)38-29-33-44(34-30-38)52(6,7)8;;;/h19-20,23-36H,11-18,21-22H2,1-10H3;2*1H;/q;;;+2/p-2. The molecule has 0 spiro atoms. The van der Waals surface area contributed by atoms with Crippen LogP contribution in [-0.4, -0.2) is 8.07 Å². The molecule has 3 aliphatic rings. The van der Waals surface area contributed by atoms with Crippen molar-refractivity contribution < 1.29 is 48.0 Å². The number of fused-ring (bicyclic) bond motifs is 8. The molecule has 56 heavy (non-hydrogen) atoms. The molecule has 2 unspecified atom stereocenters. The summed E-state index contributed by atoms with van der Waals surface area (Å²) in [5.41, 5.74) is 19.4. The third-order valence-corrected chi connectivity index (χ3v) is 21.5. The van der Waals surface area contributed by atoms with E-state index in [1.807, 2.05) is 21.5 Å². The van der Waals surface area contributed by atoms with Crippen LogP contribution in [0.3, 0.4) is 0 Å². The van der Waals surface area contributed by atoms with Crippen LogP contribution >= 0.6 is 0 Å². The largest absolute Gasteiger partial charge is 1.00 e. The minimum atomic E-state index is -2.24. The summed E-state index contributed by atoms with van der Waals surface area (Å²) in [4.78, 5) is 0. The third kappa shape index (κ3) is 8.53. The van der Waals surface area contributed by atoms with Gasteiger partial charge in [-0.15, -0.1) is 0 Å². The van der Waals surface area contributed by atoms with Gasteiger partial charge >= 0.3 is 344 Å². The van der Waals surface area contributed by atoms with E-state index in [2.05, 4.69) is 153 Å². The average molecular weight is 881 g/mol. The fourth-order valence-corrected chi connectivity index (χ4v) is 20.3. The molecule has 4 heteroatoms. The monoisotopic (exact) mass is 878 g/mol. The Balaban J connectivity index is 0.00000300. The molecule has 0 fully saturated rings. The molecular formula is C52H66Cl2SiZr. The van der Waals surface area contributed by atoms with Crippen molar-refractivity contribution in [1.29, 1.82) is 0 Å². The van der Waals surface area contributed by atoms with Crippen LogP contribution in [0.5, 0.6) is 0 Å². The van der Waals surface area contributed by atoms with Gasteiger partial charge in [0.2, 0.25) is 0 Å². The predicted octanol–water partition coefficient (Wildman–Crippen LogP) is 9.76. The van der Waals surface area contributed by atoms with Crippen LogP contribution in [0.15, 0.2) is 96.1 Å². The van der Waals surface area contributed by atoms with Crippen molar-refractivity contribution in [3.8, 4) is 22.3 Å².